The highest BCUT2D eigenvalue weighted by Gasteiger charge is 2.75. The summed E-state index contributed by atoms with van der Waals surface area (Å²) < 4.78 is 12.2. The van der Waals surface area contributed by atoms with Gasteiger partial charge in [-0.1, -0.05) is 38.1 Å². The molecule has 2 bridgehead atoms. The maximum Gasteiger partial charge on any atom is 0.312 e. The Morgan fingerprint density at radius 1 is 1.24 bits per heavy atom. The zero-order valence-corrected chi connectivity index (χ0v) is 25.0. The molecule has 2 amide bonds. The van der Waals surface area contributed by atoms with Crippen LogP contribution in [0.5, 0.6) is 0 Å². The molecule has 8 heteroatoms. The molecule has 1 spiro atoms. The van der Waals surface area contributed by atoms with Gasteiger partial charge in [0.15, 0.2) is 0 Å². The van der Waals surface area contributed by atoms with E-state index < -0.39 is 41.6 Å². The second-order valence-corrected chi connectivity index (χ2v) is 12.2. The number of aryl methyl sites for hydroxylation is 2. The summed E-state index contributed by atoms with van der Waals surface area (Å²) in [7, 11) is 0. The monoisotopic (exact) mass is 566 g/mol. The SMILES string of the molecule is C=CCCCCOC(=O)[C@@H]1[C@H]2C(=O)N([C@@H](CO)CC(C)C)C(C(=O)N(CC=C)c3cc(C)ccc3C)C23CC[C@H]1O3. The lowest BCUT2D eigenvalue weighted by Crippen LogP contribution is -2.59. The molecule has 1 aromatic carbocycles. The summed E-state index contributed by atoms with van der Waals surface area (Å²) in [4.78, 5) is 45.8. The zero-order valence-electron chi connectivity index (χ0n) is 25.0. The number of aliphatic hydroxyl groups excluding tert-OH is 1. The fourth-order valence-electron chi connectivity index (χ4n) is 7.11. The van der Waals surface area contributed by atoms with Crippen molar-refractivity contribution in [3.8, 4) is 0 Å². The molecule has 2 unspecified atom stereocenters. The molecule has 0 radical (unpaired) electrons. The van der Waals surface area contributed by atoms with Crippen LogP contribution in [0.2, 0.25) is 0 Å². The predicted molar refractivity (Wildman–Crippen MR) is 158 cm³/mol. The van der Waals surface area contributed by atoms with Crippen LogP contribution in [-0.2, 0) is 23.9 Å². The minimum atomic E-state index is -1.16. The number of rotatable bonds is 14. The van der Waals surface area contributed by atoms with Crippen molar-refractivity contribution >= 4 is 23.5 Å². The molecular weight excluding hydrogens is 520 g/mol. The highest BCUT2D eigenvalue weighted by Crippen LogP contribution is 2.59. The molecule has 3 heterocycles. The Labute approximate surface area is 244 Å². The number of hydrogen-bond acceptors (Lipinski definition) is 6. The third-order valence-corrected chi connectivity index (χ3v) is 8.87. The Morgan fingerprint density at radius 3 is 2.66 bits per heavy atom. The standard InChI is InChI=1S/C33H46N2O6/c1-7-9-10-11-17-40-32(39)27-26-14-15-33(41-26)28(27)30(37)35(24(20-36)18-21(3)4)29(33)31(38)34(16-8-2)25-19-22(5)12-13-23(25)6/h7-8,12-13,19,21,24,26-29,36H,1-2,9-11,14-18,20H2,3-6H3/t24-,26-,27+,28+,29?,33?/m1/s1. The van der Waals surface area contributed by atoms with Crippen LogP contribution >= 0.6 is 0 Å². The highest BCUT2D eigenvalue weighted by atomic mass is 16.6. The summed E-state index contributed by atoms with van der Waals surface area (Å²) in [5.41, 5.74) is 1.51. The average Bonchev–Trinajstić information content (AvgIpc) is 3.58. The third kappa shape index (κ3) is 5.73. The Hall–Kier alpha value is -2.97. The van der Waals surface area contributed by atoms with Crippen LogP contribution in [0.4, 0.5) is 5.69 Å². The van der Waals surface area contributed by atoms with E-state index in [1.165, 1.54) is 0 Å². The van der Waals surface area contributed by atoms with Crippen LogP contribution in [0.15, 0.2) is 43.5 Å². The lowest BCUT2D eigenvalue weighted by Gasteiger charge is -2.40. The van der Waals surface area contributed by atoms with E-state index in [9.17, 15) is 19.5 Å². The topological polar surface area (TPSA) is 96.4 Å². The predicted octanol–water partition coefficient (Wildman–Crippen LogP) is 4.50. The summed E-state index contributed by atoms with van der Waals surface area (Å²) in [5.74, 6) is -2.47. The first kappa shape index (κ1) is 31.0. The lowest BCUT2D eigenvalue weighted by atomic mass is 9.70. The number of esters is 1. The zero-order chi connectivity index (χ0) is 29.9. The number of ether oxygens (including phenoxy) is 2. The Morgan fingerprint density at radius 2 is 2.00 bits per heavy atom. The van der Waals surface area contributed by atoms with Crippen LogP contribution in [0.1, 0.15) is 63.5 Å². The largest absolute Gasteiger partial charge is 0.465 e. The molecule has 0 saturated carbocycles. The van der Waals surface area contributed by atoms with Crippen molar-refractivity contribution < 1.29 is 29.0 Å². The molecule has 3 aliphatic heterocycles. The van der Waals surface area contributed by atoms with Crippen molar-refractivity contribution in [3.63, 3.8) is 0 Å². The number of fused-ring (bicyclic) bond motifs is 1. The van der Waals surface area contributed by atoms with Crippen molar-refractivity contribution in [2.75, 3.05) is 24.7 Å². The molecule has 1 aromatic rings. The summed E-state index contributed by atoms with van der Waals surface area (Å²) >= 11 is 0. The second kappa shape index (κ2) is 12.9. The van der Waals surface area contributed by atoms with Crippen LogP contribution in [0.25, 0.3) is 0 Å². The van der Waals surface area contributed by atoms with E-state index in [1.54, 1.807) is 15.9 Å². The number of amides is 2. The number of carbonyl (C=O) groups excluding carboxylic acids is 3. The average molecular weight is 567 g/mol. The summed E-state index contributed by atoms with van der Waals surface area (Å²) in [6, 6.07) is 4.37. The molecule has 41 heavy (non-hydrogen) atoms. The molecule has 3 saturated heterocycles. The molecule has 0 aliphatic carbocycles. The summed E-state index contributed by atoms with van der Waals surface area (Å²) in [6.45, 7) is 15.8. The van der Waals surface area contributed by atoms with Crippen LogP contribution < -0.4 is 4.90 Å². The number of anilines is 1. The molecule has 3 fully saturated rings. The molecule has 1 N–H and O–H groups in total. The van der Waals surface area contributed by atoms with Gasteiger partial charge < -0.3 is 24.4 Å². The van der Waals surface area contributed by atoms with Gasteiger partial charge >= 0.3 is 5.97 Å². The van der Waals surface area contributed by atoms with Crippen LogP contribution in [0, 0.1) is 31.6 Å². The van der Waals surface area contributed by atoms with Gasteiger partial charge in [-0.15, -0.1) is 13.2 Å². The number of nitrogens with zero attached hydrogens (tertiary/aromatic N) is 2. The first-order chi connectivity index (χ1) is 19.6. The summed E-state index contributed by atoms with van der Waals surface area (Å²) in [5, 5.41) is 10.5. The van der Waals surface area contributed by atoms with Gasteiger partial charge in [-0.25, -0.2) is 0 Å². The van der Waals surface area contributed by atoms with Crippen molar-refractivity contribution in [1.29, 1.82) is 0 Å². The van der Waals surface area contributed by atoms with Crippen molar-refractivity contribution in [2.45, 2.75) is 90.0 Å². The highest BCUT2D eigenvalue weighted by molar-refractivity contribution is 6.05. The first-order valence-electron chi connectivity index (χ1n) is 15.0. The van der Waals surface area contributed by atoms with E-state index in [0.29, 0.717) is 25.7 Å². The minimum Gasteiger partial charge on any atom is -0.465 e. The normalized spacial score (nSPS) is 27.2. The summed E-state index contributed by atoms with van der Waals surface area (Å²) in [6.07, 6.45) is 7.01. The first-order valence-corrected chi connectivity index (χ1v) is 15.0. The molecule has 3 aliphatic rings. The molecule has 8 nitrogen and oxygen atoms in total. The lowest BCUT2D eigenvalue weighted by molar-refractivity contribution is -0.156. The van der Waals surface area contributed by atoms with Crippen LogP contribution in [-0.4, -0.2) is 71.3 Å². The van der Waals surface area contributed by atoms with E-state index in [4.69, 9.17) is 9.47 Å². The van der Waals surface area contributed by atoms with Gasteiger partial charge in [0.2, 0.25) is 5.91 Å². The molecule has 224 valence electrons. The minimum absolute atomic E-state index is 0.172. The van der Waals surface area contributed by atoms with E-state index in [2.05, 4.69) is 13.2 Å². The van der Waals surface area contributed by atoms with Gasteiger partial charge in [0.1, 0.15) is 11.6 Å². The van der Waals surface area contributed by atoms with E-state index >= 15 is 0 Å². The van der Waals surface area contributed by atoms with Crippen molar-refractivity contribution in [3.05, 3.63) is 54.6 Å². The smallest absolute Gasteiger partial charge is 0.312 e. The number of aliphatic hydroxyl groups is 1. The van der Waals surface area contributed by atoms with Gasteiger partial charge in [0, 0.05) is 12.2 Å². The number of unbranched alkanes of at least 4 members (excludes halogenated alkanes) is 2. The fourth-order valence-corrected chi connectivity index (χ4v) is 7.11. The third-order valence-electron chi connectivity index (χ3n) is 8.87. The van der Waals surface area contributed by atoms with Crippen molar-refractivity contribution in [1.82, 2.24) is 4.90 Å². The number of benzene rings is 1. The molecule has 0 aromatic heterocycles. The van der Waals surface area contributed by atoms with Crippen molar-refractivity contribution in [2.24, 2.45) is 17.8 Å². The van der Waals surface area contributed by atoms with Gasteiger partial charge in [0.25, 0.3) is 5.91 Å². The molecule has 4 rings (SSSR count). The van der Waals surface area contributed by atoms with Gasteiger partial charge in [-0.3, -0.25) is 14.4 Å². The number of carbonyl (C=O) groups is 3. The van der Waals surface area contributed by atoms with E-state index in [1.807, 2.05) is 52.0 Å². The van der Waals surface area contributed by atoms with Crippen LogP contribution in [0.3, 0.4) is 0 Å². The number of hydrogen-bond donors (Lipinski definition) is 1. The van der Waals surface area contributed by atoms with Gasteiger partial charge in [0.05, 0.1) is 37.2 Å². The Kier molecular flexibility index (Phi) is 9.75. The van der Waals surface area contributed by atoms with E-state index in [-0.39, 0.29) is 37.5 Å². The Balaban J connectivity index is 1.74. The molecule has 6 atom stereocenters. The number of allylic oxidation sites excluding steroid dienone is 1. The Bertz CT molecular complexity index is 1160. The fraction of sp³-hybridized carbons (Fsp3) is 0.606. The van der Waals surface area contributed by atoms with Gasteiger partial charge in [-0.05, 0) is 75.5 Å². The molecular formula is C33H46N2O6. The maximum atomic E-state index is 14.7. The number of likely N-dealkylation sites (tertiary alicyclic amines) is 1. The van der Waals surface area contributed by atoms with Gasteiger partial charge in [-0.2, -0.15) is 0 Å². The quantitative estimate of drug-likeness (QED) is 0.202. The maximum absolute atomic E-state index is 14.7. The second-order valence-electron chi connectivity index (χ2n) is 12.2. The van der Waals surface area contributed by atoms with E-state index in [0.717, 1.165) is 29.7 Å².